The molecule has 0 spiro atoms. The van der Waals surface area contributed by atoms with Crippen molar-refractivity contribution in [2.75, 3.05) is 17.2 Å². The third-order valence-electron chi connectivity index (χ3n) is 5.85. The van der Waals surface area contributed by atoms with Crippen molar-refractivity contribution in [1.29, 1.82) is 0 Å². The molecule has 0 radical (unpaired) electrons. The third-order valence-corrected chi connectivity index (χ3v) is 5.85. The largest absolute Gasteiger partial charge is 0.478 e. The standard InChI is InChI=1S/C28H33N5O7/c1-5-38-25(36)20(32-27(37)40-28(2,3)4)15-16-10-11-21-19(14-16)29-24(35)22(39-21)12-13-23(34)33-26-30-17-8-6-7-9-18(17)31-26/h6-11,14,20,22H,5,12-13,15H2,1-4H3,(H,29,35)(H,32,37)(H2,30,31,33,34)/t20-,22+/m0/s1. The van der Waals surface area contributed by atoms with Crippen molar-refractivity contribution in [3.8, 4) is 5.75 Å². The van der Waals surface area contributed by atoms with Crippen molar-refractivity contribution in [3.05, 3.63) is 48.0 Å². The Morgan fingerprint density at radius 3 is 2.65 bits per heavy atom. The lowest BCUT2D eigenvalue weighted by atomic mass is 10.0. The van der Waals surface area contributed by atoms with Gasteiger partial charge in [0.2, 0.25) is 11.9 Å². The number of hydrogen-bond donors (Lipinski definition) is 4. The number of hydrogen-bond acceptors (Lipinski definition) is 8. The fourth-order valence-electron chi connectivity index (χ4n) is 4.10. The zero-order valence-corrected chi connectivity index (χ0v) is 22.8. The molecule has 1 aliphatic rings. The van der Waals surface area contributed by atoms with Gasteiger partial charge in [0.1, 0.15) is 17.4 Å². The van der Waals surface area contributed by atoms with E-state index in [1.165, 1.54) is 0 Å². The van der Waals surface area contributed by atoms with Crippen LogP contribution in [0.5, 0.6) is 5.75 Å². The maximum absolute atomic E-state index is 12.7. The minimum absolute atomic E-state index is 0.0418. The first-order valence-electron chi connectivity index (χ1n) is 13.0. The highest BCUT2D eigenvalue weighted by atomic mass is 16.6. The predicted octanol–water partition coefficient (Wildman–Crippen LogP) is 3.68. The summed E-state index contributed by atoms with van der Waals surface area (Å²) >= 11 is 0. The number of carbonyl (C=O) groups is 4. The van der Waals surface area contributed by atoms with E-state index in [1.54, 1.807) is 45.9 Å². The molecule has 12 heteroatoms. The van der Waals surface area contributed by atoms with E-state index in [2.05, 4.69) is 25.9 Å². The average Bonchev–Trinajstić information content (AvgIpc) is 3.28. The first kappa shape index (κ1) is 28.4. The molecule has 3 amide bonds. The number of fused-ring (bicyclic) bond motifs is 2. The third kappa shape index (κ3) is 7.49. The van der Waals surface area contributed by atoms with Gasteiger partial charge in [-0.15, -0.1) is 0 Å². The second-order valence-electron chi connectivity index (χ2n) is 10.3. The van der Waals surface area contributed by atoms with E-state index in [-0.39, 0.29) is 31.8 Å². The molecule has 3 aromatic rings. The number of nitrogens with one attached hydrogen (secondary N) is 4. The molecule has 2 heterocycles. The van der Waals surface area contributed by atoms with Crippen LogP contribution >= 0.6 is 0 Å². The van der Waals surface area contributed by atoms with Crippen molar-refractivity contribution in [1.82, 2.24) is 15.3 Å². The van der Waals surface area contributed by atoms with E-state index in [0.717, 1.165) is 11.0 Å². The van der Waals surface area contributed by atoms with Gasteiger partial charge in [-0.05, 0) is 57.5 Å². The van der Waals surface area contributed by atoms with Gasteiger partial charge in [-0.3, -0.25) is 14.9 Å². The van der Waals surface area contributed by atoms with Crippen LogP contribution in [0.2, 0.25) is 0 Å². The number of aromatic amines is 1. The zero-order valence-electron chi connectivity index (χ0n) is 22.8. The molecule has 4 rings (SSSR count). The van der Waals surface area contributed by atoms with Crippen molar-refractivity contribution >= 4 is 46.5 Å². The van der Waals surface area contributed by atoms with Gasteiger partial charge in [-0.1, -0.05) is 18.2 Å². The van der Waals surface area contributed by atoms with Crippen LogP contribution in [0.15, 0.2) is 42.5 Å². The normalized spacial score (nSPS) is 15.3. The fourth-order valence-corrected chi connectivity index (χ4v) is 4.10. The number of rotatable bonds is 9. The van der Waals surface area contributed by atoms with Gasteiger partial charge in [0, 0.05) is 19.3 Å². The highest BCUT2D eigenvalue weighted by Crippen LogP contribution is 2.32. The molecule has 4 N–H and O–H groups in total. The number of nitrogens with zero attached hydrogens (tertiary/aromatic N) is 1. The van der Waals surface area contributed by atoms with Crippen LogP contribution in [0.25, 0.3) is 11.0 Å². The Morgan fingerprint density at radius 2 is 1.93 bits per heavy atom. The number of aromatic nitrogens is 2. The van der Waals surface area contributed by atoms with Crippen molar-refractivity contribution in [3.63, 3.8) is 0 Å². The lowest BCUT2D eigenvalue weighted by molar-refractivity contribution is -0.145. The van der Waals surface area contributed by atoms with Crippen LogP contribution < -0.4 is 20.7 Å². The molecule has 2 aromatic carbocycles. The smallest absolute Gasteiger partial charge is 0.408 e. The van der Waals surface area contributed by atoms with E-state index in [9.17, 15) is 19.2 Å². The molecule has 0 aliphatic carbocycles. The molecule has 12 nitrogen and oxygen atoms in total. The summed E-state index contributed by atoms with van der Waals surface area (Å²) in [7, 11) is 0. The highest BCUT2D eigenvalue weighted by molar-refractivity contribution is 5.98. The van der Waals surface area contributed by atoms with Gasteiger partial charge in [0.15, 0.2) is 6.10 Å². The van der Waals surface area contributed by atoms with Gasteiger partial charge in [-0.25, -0.2) is 14.6 Å². The Morgan fingerprint density at radius 1 is 1.15 bits per heavy atom. The summed E-state index contributed by atoms with van der Waals surface area (Å²) in [6.07, 6.45) is -1.30. The van der Waals surface area contributed by atoms with Gasteiger partial charge in [0.05, 0.1) is 23.3 Å². The molecule has 0 fully saturated rings. The molecule has 0 bridgehead atoms. The van der Waals surface area contributed by atoms with Crippen molar-refractivity contribution in [2.45, 2.75) is 64.7 Å². The molecule has 212 valence electrons. The quantitative estimate of drug-likeness (QED) is 0.293. The molecule has 0 unspecified atom stereocenters. The Balaban J connectivity index is 1.35. The van der Waals surface area contributed by atoms with Crippen molar-refractivity contribution < 1.29 is 33.4 Å². The highest BCUT2D eigenvalue weighted by Gasteiger charge is 2.30. The molecular formula is C28H33N5O7. The number of anilines is 2. The van der Waals surface area contributed by atoms with Gasteiger partial charge in [-0.2, -0.15) is 0 Å². The van der Waals surface area contributed by atoms with E-state index in [1.807, 2.05) is 24.3 Å². The lowest BCUT2D eigenvalue weighted by Crippen LogP contribution is -2.45. The Hall–Kier alpha value is -4.61. The van der Waals surface area contributed by atoms with Crippen LogP contribution in [0.1, 0.15) is 46.1 Å². The van der Waals surface area contributed by atoms with Crippen LogP contribution in [0, 0.1) is 0 Å². The summed E-state index contributed by atoms with van der Waals surface area (Å²) in [6.45, 7) is 6.99. The van der Waals surface area contributed by atoms with Crippen LogP contribution in [-0.4, -0.2) is 58.2 Å². The summed E-state index contributed by atoms with van der Waals surface area (Å²) in [5, 5.41) is 8.06. The van der Waals surface area contributed by atoms with Crippen LogP contribution in [-0.2, 0) is 30.3 Å². The van der Waals surface area contributed by atoms with E-state index < -0.39 is 35.7 Å². The maximum atomic E-state index is 12.7. The number of ether oxygens (including phenoxy) is 3. The molecule has 2 atom stereocenters. The Labute approximate surface area is 231 Å². The molecule has 1 aromatic heterocycles. The minimum atomic E-state index is -0.994. The molecule has 1 aliphatic heterocycles. The average molecular weight is 552 g/mol. The SMILES string of the molecule is CCOC(=O)[C@H](Cc1ccc2c(c1)NC(=O)[C@@H](CCC(=O)Nc1nc3ccccc3[nH]1)O2)NC(=O)OC(C)(C)C. The van der Waals surface area contributed by atoms with Crippen LogP contribution in [0.3, 0.4) is 0 Å². The first-order valence-corrected chi connectivity index (χ1v) is 13.0. The summed E-state index contributed by atoms with van der Waals surface area (Å²) in [6, 6.07) is 11.5. The van der Waals surface area contributed by atoms with Crippen LogP contribution in [0.4, 0.5) is 16.4 Å². The molecule has 40 heavy (non-hydrogen) atoms. The topological polar surface area (TPSA) is 161 Å². The number of esters is 1. The second kappa shape index (κ2) is 12.1. The number of benzene rings is 2. The van der Waals surface area contributed by atoms with Gasteiger partial charge >= 0.3 is 12.1 Å². The number of carbonyl (C=O) groups excluding carboxylic acids is 4. The fraction of sp³-hybridized carbons (Fsp3) is 0.393. The monoisotopic (exact) mass is 551 g/mol. The van der Waals surface area contributed by atoms with Gasteiger partial charge in [0.25, 0.3) is 5.91 Å². The lowest BCUT2D eigenvalue weighted by Gasteiger charge is -2.26. The first-order chi connectivity index (χ1) is 19.0. The Kier molecular flexibility index (Phi) is 8.56. The Bertz CT molecular complexity index is 1380. The summed E-state index contributed by atoms with van der Waals surface area (Å²) in [4.78, 5) is 57.3. The molecule has 0 saturated heterocycles. The van der Waals surface area contributed by atoms with Gasteiger partial charge < -0.3 is 29.8 Å². The second-order valence-corrected chi connectivity index (χ2v) is 10.3. The molecule has 0 saturated carbocycles. The minimum Gasteiger partial charge on any atom is -0.478 e. The van der Waals surface area contributed by atoms with E-state index in [4.69, 9.17) is 14.2 Å². The maximum Gasteiger partial charge on any atom is 0.408 e. The number of alkyl carbamates (subject to hydrolysis) is 1. The van der Waals surface area contributed by atoms with E-state index in [0.29, 0.717) is 22.9 Å². The summed E-state index contributed by atoms with van der Waals surface area (Å²) in [5.41, 5.74) is 1.88. The number of amides is 3. The summed E-state index contributed by atoms with van der Waals surface area (Å²) in [5.74, 6) is -0.541. The van der Waals surface area contributed by atoms with E-state index >= 15 is 0 Å². The summed E-state index contributed by atoms with van der Waals surface area (Å²) < 4.78 is 16.2. The molecular weight excluding hydrogens is 518 g/mol. The number of H-pyrrole nitrogens is 1. The van der Waals surface area contributed by atoms with Crippen molar-refractivity contribution in [2.24, 2.45) is 0 Å². The zero-order chi connectivity index (χ0) is 28.9. The number of imidazole rings is 1. The predicted molar refractivity (Wildman–Crippen MR) is 147 cm³/mol. The number of para-hydroxylation sites is 2.